The molecule has 0 saturated carbocycles. The number of hydrogen-bond acceptors (Lipinski definition) is 4. The average Bonchev–Trinajstić information content (AvgIpc) is 2.65. The van der Waals surface area contributed by atoms with Gasteiger partial charge < -0.3 is 15.8 Å². The Morgan fingerprint density at radius 3 is 2.57 bits per heavy atom. The Hall–Kier alpha value is -1.98. The maximum Gasteiger partial charge on any atom is 0.242 e. The van der Waals surface area contributed by atoms with Crippen molar-refractivity contribution in [1.82, 2.24) is 0 Å². The molecule has 1 aliphatic rings. The van der Waals surface area contributed by atoms with Crippen molar-refractivity contribution < 1.29 is 9.53 Å². The molecule has 0 spiro atoms. The Morgan fingerprint density at radius 2 is 1.86 bits per heavy atom. The molecule has 0 radical (unpaired) electrons. The molecule has 0 aromatic heterocycles. The summed E-state index contributed by atoms with van der Waals surface area (Å²) in [5, 5.41) is 2.76. The highest BCUT2D eigenvalue weighted by atomic mass is 32.2. The number of nitrogens with one attached hydrogen (secondary N) is 1. The fourth-order valence-corrected chi connectivity index (χ4v) is 3.55. The first-order valence-corrected chi connectivity index (χ1v) is 7.53. The van der Waals surface area contributed by atoms with E-state index in [9.17, 15) is 4.79 Å². The molecule has 3 N–H and O–H groups in total. The first kappa shape index (κ1) is 14.0. The minimum atomic E-state index is -0.601. The Balaban J connectivity index is 1.98. The fraction of sp³-hybridized carbons (Fsp3) is 0.188. The monoisotopic (exact) mass is 300 g/mol. The van der Waals surface area contributed by atoms with E-state index < -0.39 is 6.04 Å². The van der Waals surface area contributed by atoms with Crippen LogP contribution in [0.1, 0.15) is 10.8 Å². The zero-order chi connectivity index (χ0) is 14.8. The van der Waals surface area contributed by atoms with E-state index in [0.717, 1.165) is 21.9 Å². The summed E-state index contributed by atoms with van der Waals surface area (Å²) in [5.74, 6) is 0.629. The first-order valence-electron chi connectivity index (χ1n) is 6.65. The zero-order valence-corrected chi connectivity index (χ0v) is 12.4. The summed E-state index contributed by atoms with van der Waals surface area (Å²) >= 11 is 1.61. The van der Waals surface area contributed by atoms with Crippen LogP contribution in [0.5, 0.6) is 5.75 Å². The third-order valence-corrected chi connectivity index (χ3v) is 4.90. The van der Waals surface area contributed by atoms with Crippen LogP contribution >= 0.6 is 11.8 Å². The van der Waals surface area contributed by atoms with E-state index in [1.165, 1.54) is 0 Å². The highest BCUT2D eigenvalue weighted by Gasteiger charge is 2.31. The SMILES string of the molecule is COc1ccc(C2Sc3ccccc3NC(=O)C2N)cc1. The smallest absolute Gasteiger partial charge is 0.242 e. The minimum absolute atomic E-state index is 0.125. The molecular weight excluding hydrogens is 284 g/mol. The molecule has 1 heterocycles. The van der Waals surface area contributed by atoms with Gasteiger partial charge in [-0.3, -0.25) is 4.79 Å². The summed E-state index contributed by atoms with van der Waals surface area (Å²) in [6.07, 6.45) is 0. The molecule has 0 saturated heterocycles. The lowest BCUT2D eigenvalue weighted by Crippen LogP contribution is -2.38. The molecule has 4 nitrogen and oxygen atoms in total. The summed E-state index contributed by atoms with van der Waals surface area (Å²) in [4.78, 5) is 13.2. The lowest BCUT2D eigenvalue weighted by Gasteiger charge is -2.20. The number of para-hydroxylation sites is 1. The largest absolute Gasteiger partial charge is 0.497 e. The van der Waals surface area contributed by atoms with Crippen LogP contribution in [-0.4, -0.2) is 19.1 Å². The van der Waals surface area contributed by atoms with Gasteiger partial charge >= 0.3 is 0 Å². The fourth-order valence-electron chi connectivity index (χ4n) is 2.31. The number of ether oxygens (including phenoxy) is 1. The number of carbonyl (C=O) groups excluding carboxylic acids is 1. The maximum atomic E-state index is 12.2. The Labute approximate surface area is 127 Å². The first-order chi connectivity index (χ1) is 10.2. The summed E-state index contributed by atoms with van der Waals surface area (Å²) in [7, 11) is 1.63. The van der Waals surface area contributed by atoms with Crippen LogP contribution in [0, 0.1) is 0 Å². The van der Waals surface area contributed by atoms with Crippen LogP contribution in [0.15, 0.2) is 53.4 Å². The van der Waals surface area contributed by atoms with Gasteiger partial charge in [-0.25, -0.2) is 0 Å². The standard InChI is InChI=1S/C16H16N2O2S/c1-20-11-8-6-10(7-9-11)15-14(17)16(19)18-12-4-2-3-5-13(12)21-15/h2-9,14-15H,17H2,1H3,(H,18,19). The number of benzene rings is 2. The molecule has 108 valence electrons. The van der Waals surface area contributed by atoms with Gasteiger partial charge in [0.2, 0.25) is 5.91 Å². The van der Waals surface area contributed by atoms with E-state index in [4.69, 9.17) is 10.5 Å². The molecule has 5 heteroatoms. The van der Waals surface area contributed by atoms with Crippen LogP contribution in [0.4, 0.5) is 5.69 Å². The molecule has 2 unspecified atom stereocenters. The van der Waals surface area contributed by atoms with Gasteiger partial charge in [0.25, 0.3) is 0 Å². The second-order valence-corrected chi connectivity index (χ2v) is 6.01. The van der Waals surface area contributed by atoms with E-state index in [1.807, 2.05) is 48.5 Å². The van der Waals surface area contributed by atoms with Crippen molar-refractivity contribution in [3.63, 3.8) is 0 Å². The average molecular weight is 300 g/mol. The Morgan fingerprint density at radius 1 is 1.14 bits per heavy atom. The number of anilines is 1. The number of amides is 1. The Bertz CT molecular complexity index is 658. The molecule has 1 aliphatic heterocycles. The lowest BCUT2D eigenvalue weighted by atomic mass is 10.1. The van der Waals surface area contributed by atoms with E-state index in [2.05, 4.69) is 5.32 Å². The van der Waals surface area contributed by atoms with Crippen LogP contribution in [0.3, 0.4) is 0 Å². The second kappa shape index (κ2) is 5.79. The maximum absolute atomic E-state index is 12.2. The summed E-state index contributed by atoms with van der Waals surface area (Å²) < 4.78 is 5.17. The molecule has 1 amide bonds. The van der Waals surface area contributed by atoms with Gasteiger partial charge in [-0.1, -0.05) is 24.3 Å². The Kier molecular flexibility index (Phi) is 3.86. The third kappa shape index (κ3) is 2.75. The number of nitrogens with two attached hydrogens (primary N) is 1. The zero-order valence-electron chi connectivity index (χ0n) is 11.6. The molecule has 2 aromatic carbocycles. The van der Waals surface area contributed by atoms with Crippen molar-refractivity contribution in [2.45, 2.75) is 16.2 Å². The van der Waals surface area contributed by atoms with E-state index in [0.29, 0.717) is 0 Å². The van der Waals surface area contributed by atoms with Gasteiger partial charge in [0.15, 0.2) is 0 Å². The van der Waals surface area contributed by atoms with Crippen molar-refractivity contribution in [2.75, 3.05) is 12.4 Å². The van der Waals surface area contributed by atoms with Gasteiger partial charge in [-0.2, -0.15) is 0 Å². The minimum Gasteiger partial charge on any atom is -0.497 e. The number of rotatable bonds is 2. The number of fused-ring (bicyclic) bond motifs is 1. The highest BCUT2D eigenvalue weighted by molar-refractivity contribution is 7.99. The van der Waals surface area contributed by atoms with Crippen molar-refractivity contribution in [1.29, 1.82) is 0 Å². The van der Waals surface area contributed by atoms with Crippen molar-refractivity contribution in [2.24, 2.45) is 5.73 Å². The highest BCUT2D eigenvalue weighted by Crippen LogP contribution is 2.43. The quantitative estimate of drug-likeness (QED) is 0.895. The number of methoxy groups -OCH3 is 1. The van der Waals surface area contributed by atoms with Crippen LogP contribution in [0.2, 0.25) is 0 Å². The molecular formula is C16H16N2O2S. The summed E-state index contributed by atoms with van der Waals surface area (Å²) in [6, 6.07) is 14.8. The van der Waals surface area contributed by atoms with Crippen molar-refractivity contribution in [3.8, 4) is 5.75 Å². The van der Waals surface area contributed by atoms with Gasteiger partial charge in [0.1, 0.15) is 11.8 Å². The van der Waals surface area contributed by atoms with Crippen LogP contribution in [-0.2, 0) is 4.79 Å². The van der Waals surface area contributed by atoms with Crippen LogP contribution in [0.25, 0.3) is 0 Å². The number of thioether (sulfide) groups is 1. The van der Waals surface area contributed by atoms with Crippen molar-refractivity contribution in [3.05, 3.63) is 54.1 Å². The summed E-state index contributed by atoms with van der Waals surface area (Å²) in [5.41, 5.74) is 7.97. The normalized spacial score (nSPS) is 21.1. The van der Waals surface area contributed by atoms with Gasteiger partial charge in [0.05, 0.1) is 18.0 Å². The second-order valence-electron chi connectivity index (χ2n) is 4.82. The third-order valence-electron chi connectivity index (χ3n) is 3.47. The predicted octanol–water partition coefficient (Wildman–Crippen LogP) is 2.81. The van der Waals surface area contributed by atoms with E-state index in [1.54, 1.807) is 18.9 Å². The molecule has 0 bridgehead atoms. The number of hydrogen-bond donors (Lipinski definition) is 2. The van der Waals surface area contributed by atoms with Crippen LogP contribution < -0.4 is 15.8 Å². The molecule has 21 heavy (non-hydrogen) atoms. The van der Waals surface area contributed by atoms with E-state index >= 15 is 0 Å². The predicted molar refractivity (Wildman–Crippen MR) is 84.6 cm³/mol. The van der Waals surface area contributed by atoms with Crippen molar-refractivity contribution >= 4 is 23.4 Å². The van der Waals surface area contributed by atoms with Gasteiger partial charge in [-0.15, -0.1) is 11.8 Å². The molecule has 2 atom stereocenters. The molecule has 2 aromatic rings. The van der Waals surface area contributed by atoms with Gasteiger partial charge in [-0.05, 0) is 29.8 Å². The van der Waals surface area contributed by atoms with Gasteiger partial charge in [0, 0.05) is 4.90 Å². The summed E-state index contributed by atoms with van der Waals surface area (Å²) in [6.45, 7) is 0. The molecule has 0 fully saturated rings. The topological polar surface area (TPSA) is 64.3 Å². The lowest BCUT2D eigenvalue weighted by molar-refractivity contribution is -0.117. The molecule has 0 aliphatic carbocycles. The number of carbonyl (C=O) groups is 1. The molecule has 3 rings (SSSR count). The van der Waals surface area contributed by atoms with E-state index in [-0.39, 0.29) is 11.2 Å².